The van der Waals surface area contributed by atoms with E-state index in [-0.39, 0.29) is 18.6 Å². The lowest BCUT2D eigenvalue weighted by molar-refractivity contribution is -0.151. The molecule has 1 saturated heterocycles. The summed E-state index contributed by atoms with van der Waals surface area (Å²) in [5, 5.41) is 2.12. The molecular weight excluding hydrogens is 457 g/mol. The Morgan fingerprint density at radius 1 is 1.09 bits per heavy atom. The van der Waals surface area contributed by atoms with Crippen LogP contribution in [0.4, 0.5) is 13.2 Å². The molecule has 1 heterocycles. The molecule has 0 aromatic carbocycles. The van der Waals surface area contributed by atoms with Crippen molar-refractivity contribution in [2.24, 2.45) is 11.8 Å². The van der Waals surface area contributed by atoms with E-state index in [2.05, 4.69) is 17.3 Å². The summed E-state index contributed by atoms with van der Waals surface area (Å²) in [6.45, 7) is 6.01. The predicted octanol–water partition coefficient (Wildman–Crippen LogP) is 6.20. The van der Waals surface area contributed by atoms with Gasteiger partial charge in [-0.2, -0.15) is 13.2 Å². The Kier molecular flexibility index (Phi) is 15.0. The van der Waals surface area contributed by atoms with Crippen molar-refractivity contribution >= 4 is 12.4 Å². The van der Waals surface area contributed by atoms with Crippen LogP contribution < -0.4 is 5.32 Å². The van der Waals surface area contributed by atoms with Gasteiger partial charge in [0, 0.05) is 12.6 Å². The Bertz CT molecular complexity index is 669. The van der Waals surface area contributed by atoms with Gasteiger partial charge >= 0.3 is 12.1 Å². The number of hydrogen-bond acceptors (Lipinski definition) is 4. The van der Waals surface area contributed by atoms with Gasteiger partial charge in [0.2, 0.25) is 6.41 Å². The third-order valence-corrected chi connectivity index (χ3v) is 7.09. The van der Waals surface area contributed by atoms with Crippen LogP contribution in [0, 0.1) is 11.8 Å². The molecule has 0 aromatic rings. The van der Waals surface area contributed by atoms with Crippen LogP contribution in [-0.2, 0) is 14.3 Å². The van der Waals surface area contributed by atoms with Crippen LogP contribution in [-0.4, -0.2) is 55.7 Å². The number of nitrogens with zero attached hydrogens (tertiary/aromatic N) is 1. The molecule has 3 atom stereocenters. The van der Waals surface area contributed by atoms with Gasteiger partial charge in [-0.25, -0.2) is 0 Å². The number of fused-ring (bicyclic) bond motifs is 2. The highest BCUT2D eigenvalue weighted by Gasteiger charge is 2.48. The zero-order valence-electron chi connectivity index (χ0n) is 21.9. The lowest BCUT2D eigenvalue weighted by atomic mass is 9.97. The number of likely N-dealkylation sites (N-methyl/N-ethyl adjacent to an activating group) is 1. The molecule has 202 valence electrons. The van der Waals surface area contributed by atoms with E-state index in [9.17, 15) is 22.8 Å². The van der Waals surface area contributed by atoms with Crippen LogP contribution >= 0.6 is 0 Å². The number of esters is 1. The fourth-order valence-electron chi connectivity index (χ4n) is 5.31. The highest BCUT2D eigenvalue weighted by atomic mass is 19.4. The fourth-order valence-corrected chi connectivity index (χ4v) is 5.31. The third-order valence-electron chi connectivity index (χ3n) is 7.09. The molecule has 35 heavy (non-hydrogen) atoms. The second kappa shape index (κ2) is 16.8. The zero-order chi connectivity index (χ0) is 26.3. The molecule has 8 heteroatoms. The van der Waals surface area contributed by atoms with Gasteiger partial charge < -0.3 is 10.1 Å². The molecule has 2 bridgehead atoms. The summed E-state index contributed by atoms with van der Waals surface area (Å²) in [6.07, 6.45) is 12.1. The number of allylic oxidation sites excluding steroid dienone is 3. The van der Waals surface area contributed by atoms with Crippen molar-refractivity contribution in [3.05, 3.63) is 23.8 Å². The lowest BCUT2D eigenvalue weighted by Gasteiger charge is -2.30. The van der Waals surface area contributed by atoms with Crippen LogP contribution in [0.5, 0.6) is 0 Å². The number of halogens is 3. The minimum Gasteiger partial charge on any atom is -0.465 e. The van der Waals surface area contributed by atoms with Gasteiger partial charge in [0.05, 0.1) is 12.2 Å². The van der Waals surface area contributed by atoms with Crippen molar-refractivity contribution in [2.45, 2.75) is 103 Å². The minimum absolute atomic E-state index is 0.0494. The molecular formula is C27H45F3N2O3. The topological polar surface area (TPSA) is 58.6 Å². The van der Waals surface area contributed by atoms with E-state index < -0.39 is 11.7 Å². The molecule has 0 radical (unpaired) electrons. The first-order chi connectivity index (χ1) is 16.8. The molecule has 0 aromatic heterocycles. The van der Waals surface area contributed by atoms with Gasteiger partial charge in [-0.1, -0.05) is 70.6 Å². The van der Waals surface area contributed by atoms with Crippen LogP contribution in [0.3, 0.4) is 0 Å². The highest BCUT2D eigenvalue weighted by molar-refractivity contribution is 5.77. The monoisotopic (exact) mass is 502 g/mol. The maximum atomic E-state index is 12.3. The number of amides is 1. The SMILES string of the molecule is C/C=C\C(=C/CNC=O)C(F)(F)F.CC.CN1C2CCC(C2)C1C(=O)OCCC1CCCCCC1. The quantitative estimate of drug-likeness (QED) is 0.141. The smallest absolute Gasteiger partial charge is 0.416 e. The summed E-state index contributed by atoms with van der Waals surface area (Å²) >= 11 is 0. The number of ether oxygens (including phenoxy) is 1. The molecule has 1 aliphatic heterocycles. The van der Waals surface area contributed by atoms with Gasteiger partial charge in [-0.15, -0.1) is 0 Å². The van der Waals surface area contributed by atoms with E-state index in [1.54, 1.807) is 0 Å². The number of carbonyl (C=O) groups excluding carboxylic acids is 2. The van der Waals surface area contributed by atoms with Crippen LogP contribution in [0.15, 0.2) is 23.8 Å². The van der Waals surface area contributed by atoms with Crippen LogP contribution in [0.2, 0.25) is 0 Å². The Morgan fingerprint density at radius 3 is 2.26 bits per heavy atom. The Morgan fingerprint density at radius 2 is 1.74 bits per heavy atom. The van der Waals surface area contributed by atoms with Gasteiger partial charge in [0.1, 0.15) is 6.04 Å². The zero-order valence-corrected chi connectivity index (χ0v) is 21.9. The van der Waals surface area contributed by atoms with Crippen molar-refractivity contribution < 1.29 is 27.5 Å². The highest BCUT2D eigenvalue weighted by Crippen LogP contribution is 2.41. The number of carbonyl (C=O) groups is 2. The average Bonchev–Trinajstić information content (AvgIpc) is 3.32. The Hall–Kier alpha value is -1.83. The predicted molar refractivity (Wildman–Crippen MR) is 134 cm³/mol. The first-order valence-electron chi connectivity index (χ1n) is 13.2. The number of hydrogen-bond donors (Lipinski definition) is 1. The lowest BCUT2D eigenvalue weighted by Crippen LogP contribution is -2.44. The Labute approximate surface area is 209 Å². The summed E-state index contributed by atoms with van der Waals surface area (Å²) in [4.78, 5) is 24.3. The fraction of sp³-hybridized carbons (Fsp3) is 0.778. The maximum absolute atomic E-state index is 12.3. The molecule has 0 spiro atoms. The molecule has 3 rings (SSSR count). The number of piperidine rings is 1. The Balaban J connectivity index is 0.000000357. The molecule has 2 saturated carbocycles. The number of rotatable bonds is 8. The summed E-state index contributed by atoms with van der Waals surface area (Å²) in [7, 11) is 2.10. The minimum atomic E-state index is -4.36. The van der Waals surface area contributed by atoms with Crippen molar-refractivity contribution in [3.8, 4) is 0 Å². The normalized spacial score (nSPS) is 25.2. The van der Waals surface area contributed by atoms with Gasteiger partial charge in [-0.3, -0.25) is 14.5 Å². The van der Waals surface area contributed by atoms with E-state index >= 15 is 0 Å². The maximum Gasteiger partial charge on any atom is 0.416 e. The standard InChI is InChI=1S/C17H29NO2.C8H10F3NO.C2H6/c1-18-15-9-8-14(12-15)16(18)17(19)20-11-10-13-6-4-2-3-5-7-13;1-2-3-7(8(9,10)11)4-5-12-6-13;1-2/h13-16H,2-12H2,1H3;2-4,6H,5H2,1H3,(H,12,13);1-2H3/b;3-2-,7-4+;. The summed E-state index contributed by atoms with van der Waals surface area (Å²) < 4.78 is 41.9. The van der Waals surface area contributed by atoms with Crippen LogP contribution in [0.1, 0.15) is 85.0 Å². The first-order valence-corrected chi connectivity index (χ1v) is 13.2. The van der Waals surface area contributed by atoms with Crippen molar-refractivity contribution in [2.75, 3.05) is 20.2 Å². The van der Waals surface area contributed by atoms with Crippen molar-refractivity contribution in [1.29, 1.82) is 0 Å². The summed E-state index contributed by atoms with van der Waals surface area (Å²) in [5.41, 5.74) is -0.760. The van der Waals surface area contributed by atoms with Crippen molar-refractivity contribution in [3.63, 3.8) is 0 Å². The number of likely N-dealkylation sites (tertiary alicyclic amines) is 1. The second-order valence-corrected chi connectivity index (χ2v) is 9.33. The molecule has 2 aliphatic carbocycles. The van der Waals surface area contributed by atoms with E-state index in [1.165, 1.54) is 70.8 Å². The third kappa shape index (κ3) is 10.8. The van der Waals surface area contributed by atoms with E-state index in [1.807, 2.05) is 13.8 Å². The van der Waals surface area contributed by atoms with E-state index in [0.29, 0.717) is 25.0 Å². The molecule has 1 N–H and O–H groups in total. The molecule has 3 fully saturated rings. The van der Waals surface area contributed by atoms with Gasteiger partial charge in [0.15, 0.2) is 0 Å². The van der Waals surface area contributed by atoms with E-state index in [4.69, 9.17) is 4.74 Å². The molecule has 3 unspecified atom stereocenters. The molecule has 3 aliphatic rings. The summed E-state index contributed by atoms with van der Waals surface area (Å²) in [6, 6.07) is 0.697. The number of nitrogens with one attached hydrogen (secondary N) is 1. The van der Waals surface area contributed by atoms with Gasteiger partial charge in [-0.05, 0) is 51.5 Å². The summed E-state index contributed by atoms with van der Waals surface area (Å²) in [5.74, 6) is 1.41. The van der Waals surface area contributed by atoms with Crippen LogP contribution in [0.25, 0.3) is 0 Å². The average molecular weight is 503 g/mol. The molecule has 1 amide bonds. The van der Waals surface area contributed by atoms with E-state index in [0.717, 1.165) is 24.5 Å². The second-order valence-electron chi connectivity index (χ2n) is 9.33. The first kappa shape index (κ1) is 31.2. The molecule has 5 nitrogen and oxygen atoms in total. The van der Waals surface area contributed by atoms with Crippen molar-refractivity contribution in [1.82, 2.24) is 10.2 Å². The largest absolute Gasteiger partial charge is 0.465 e. The van der Waals surface area contributed by atoms with Gasteiger partial charge in [0.25, 0.3) is 0 Å². The number of alkyl halides is 3.